The van der Waals surface area contributed by atoms with Crippen LogP contribution in [0.2, 0.25) is 0 Å². The van der Waals surface area contributed by atoms with E-state index in [-0.39, 0.29) is 18.1 Å². The number of fused-ring (bicyclic) bond motifs is 2. The average Bonchev–Trinajstić information content (AvgIpc) is 2.43. The SMILES string of the molecule is O=C1CC(O)c2c(O)c3c4c(cccc4c2N1)CCC3. The molecule has 0 saturated heterocycles. The summed E-state index contributed by atoms with van der Waals surface area (Å²) in [5.74, 6) is -0.0481. The van der Waals surface area contributed by atoms with E-state index >= 15 is 0 Å². The van der Waals surface area contributed by atoms with Crippen molar-refractivity contribution in [1.82, 2.24) is 0 Å². The van der Waals surface area contributed by atoms with Gasteiger partial charge in [0, 0.05) is 16.5 Å². The highest BCUT2D eigenvalue weighted by molar-refractivity contribution is 6.09. The lowest BCUT2D eigenvalue weighted by Crippen LogP contribution is -2.24. The molecule has 0 saturated carbocycles. The van der Waals surface area contributed by atoms with Gasteiger partial charge in [-0.2, -0.15) is 0 Å². The number of amides is 1. The number of carbonyl (C=O) groups is 1. The van der Waals surface area contributed by atoms with Crippen LogP contribution < -0.4 is 5.32 Å². The minimum Gasteiger partial charge on any atom is -0.507 e. The molecule has 4 heteroatoms. The number of aliphatic hydroxyl groups is 1. The number of nitrogens with one attached hydrogen (secondary N) is 1. The van der Waals surface area contributed by atoms with Crippen LogP contribution in [0.5, 0.6) is 5.75 Å². The Morgan fingerprint density at radius 3 is 2.95 bits per heavy atom. The number of aryl methyl sites for hydroxylation is 2. The lowest BCUT2D eigenvalue weighted by molar-refractivity contribution is -0.118. The van der Waals surface area contributed by atoms with Gasteiger partial charge in [-0.1, -0.05) is 18.2 Å². The van der Waals surface area contributed by atoms with Crippen molar-refractivity contribution in [3.63, 3.8) is 0 Å². The predicted molar refractivity (Wildman–Crippen MR) is 75.8 cm³/mol. The molecule has 2 aliphatic rings. The molecule has 0 bridgehead atoms. The van der Waals surface area contributed by atoms with Crippen molar-refractivity contribution in [1.29, 1.82) is 0 Å². The molecule has 0 spiro atoms. The van der Waals surface area contributed by atoms with Gasteiger partial charge in [-0.25, -0.2) is 0 Å². The Kier molecular flexibility index (Phi) is 2.32. The molecule has 0 radical (unpaired) electrons. The predicted octanol–water partition coefficient (Wildman–Crippen LogP) is 2.41. The van der Waals surface area contributed by atoms with Gasteiger partial charge in [0.05, 0.1) is 18.2 Å². The molecule has 102 valence electrons. The molecule has 1 atom stereocenters. The fourth-order valence-electron chi connectivity index (χ4n) is 3.54. The van der Waals surface area contributed by atoms with Crippen molar-refractivity contribution in [2.24, 2.45) is 0 Å². The van der Waals surface area contributed by atoms with E-state index in [0.29, 0.717) is 11.3 Å². The number of benzene rings is 2. The highest BCUT2D eigenvalue weighted by atomic mass is 16.3. The Labute approximate surface area is 116 Å². The summed E-state index contributed by atoms with van der Waals surface area (Å²) >= 11 is 0. The van der Waals surface area contributed by atoms with Crippen LogP contribution in [0.25, 0.3) is 10.8 Å². The largest absolute Gasteiger partial charge is 0.507 e. The van der Waals surface area contributed by atoms with Crippen LogP contribution in [0.1, 0.15) is 35.6 Å². The molecule has 2 aromatic rings. The number of rotatable bonds is 0. The van der Waals surface area contributed by atoms with Crippen molar-refractivity contribution >= 4 is 22.4 Å². The van der Waals surface area contributed by atoms with Crippen molar-refractivity contribution in [3.05, 3.63) is 34.9 Å². The number of hydrogen-bond donors (Lipinski definition) is 3. The minimum absolute atomic E-state index is 0.00516. The minimum atomic E-state index is -0.926. The van der Waals surface area contributed by atoms with Crippen LogP contribution in [0.4, 0.5) is 5.69 Å². The van der Waals surface area contributed by atoms with Crippen molar-refractivity contribution in [2.45, 2.75) is 31.8 Å². The zero-order valence-electron chi connectivity index (χ0n) is 10.9. The standard InChI is InChI=1S/C16H15NO3/c18-11-7-12(19)17-15-9-5-1-3-8-4-2-6-10(13(8)9)16(20)14(11)15/h1,3,5,11,18,20H,2,4,6-7H2,(H,17,19). The molecule has 0 fully saturated rings. The first-order valence-electron chi connectivity index (χ1n) is 6.94. The quantitative estimate of drug-likeness (QED) is 0.688. The monoisotopic (exact) mass is 269 g/mol. The Hall–Kier alpha value is -2.07. The van der Waals surface area contributed by atoms with E-state index in [4.69, 9.17) is 0 Å². The summed E-state index contributed by atoms with van der Waals surface area (Å²) in [6.45, 7) is 0. The van der Waals surface area contributed by atoms with E-state index in [1.54, 1.807) is 0 Å². The molecule has 20 heavy (non-hydrogen) atoms. The zero-order chi connectivity index (χ0) is 13.9. The Bertz CT molecular complexity index is 751. The van der Waals surface area contributed by atoms with Crippen LogP contribution in [0.15, 0.2) is 18.2 Å². The van der Waals surface area contributed by atoms with Gasteiger partial charge in [-0.15, -0.1) is 0 Å². The molecular formula is C16H15NO3. The summed E-state index contributed by atoms with van der Waals surface area (Å²) in [6, 6.07) is 5.99. The van der Waals surface area contributed by atoms with Crippen molar-refractivity contribution in [3.8, 4) is 5.75 Å². The third-order valence-electron chi connectivity index (χ3n) is 4.38. The second kappa shape index (κ2) is 3.96. The highest BCUT2D eigenvalue weighted by Crippen LogP contribution is 2.47. The van der Waals surface area contributed by atoms with E-state index in [2.05, 4.69) is 11.4 Å². The fourth-order valence-corrected chi connectivity index (χ4v) is 3.54. The van der Waals surface area contributed by atoms with E-state index in [0.717, 1.165) is 35.6 Å². The highest BCUT2D eigenvalue weighted by Gasteiger charge is 2.31. The molecule has 4 rings (SSSR count). The number of aliphatic hydroxyl groups excluding tert-OH is 1. The lowest BCUT2D eigenvalue weighted by atomic mass is 9.83. The van der Waals surface area contributed by atoms with Gasteiger partial charge in [0.2, 0.25) is 5.91 Å². The average molecular weight is 269 g/mol. The van der Waals surface area contributed by atoms with Gasteiger partial charge in [0.15, 0.2) is 0 Å². The zero-order valence-corrected chi connectivity index (χ0v) is 10.9. The maximum Gasteiger partial charge on any atom is 0.227 e. The fraction of sp³-hybridized carbons (Fsp3) is 0.312. The summed E-state index contributed by atoms with van der Waals surface area (Å²) in [6.07, 6.45) is 1.88. The van der Waals surface area contributed by atoms with Gasteiger partial charge < -0.3 is 15.5 Å². The first kappa shape index (κ1) is 11.7. The van der Waals surface area contributed by atoms with Gasteiger partial charge in [0.25, 0.3) is 0 Å². The summed E-state index contributed by atoms with van der Waals surface area (Å²) in [5, 5.41) is 25.5. The molecule has 1 amide bonds. The van der Waals surface area contributed by atoms with Crippen molar-refractivity contribution in [2.75, 3.05) is 5.32 Å². The molecule has 1 aliphatic heterocycles. The molecule has 1 aliphatic carbocycles. The third-order valence-corrected chi connectivity index (χ3v) is 4.38. The topological polar surface area (TPSA) is 69.6 Å². The van der Waals surface area contributed by atoms with Crippen LogP contribution in [0, 0.1) is 0 Å². The van der Waals surface area contributed by atoms with Crippen LogP contribution in [0.3, 0.4) is 0 Å². The first-order valence-corrected chi connectivity index (χ1v) is 6.94. The molecule has 0 aromatic heterocycles. The van der Waals surface area contributed by atoms with E-state index in [9.17, 15) is 15.0 Å². The Morgan fingerprint density at radius 2 is 2.10 bits per heavy atom. The summed E-state index contributed by atoms with van der Waals surface area (Å²) < 4.78 is 0. The molecule has 3 N–H and O–H groups in total. The van der Waals surface area contributed by atoms with E-state index in [1.807, 2.05) is 12.1 Å². The Balaban J connectivity index is 2.17. The third kappa shape index (κ3) is 1.42. The van der Waals surface area contributed by atoms with E-state index < -0.39 is 6.10 Å². The van der Waals surface area contributed by atoms with Crippen LogP contribution >= 0.6 is 0 Å². The Morgan fingerprint density at radius 1 is 1.25 bits per heavy atom. The number of anilines is 1. The lowest BCUT2D eigenvalue weighted by Gasteiger charge is -2.28. The molecule has 2 aromatic carbocycles. The number of aromatic hydroxyl groups is 1. The molecule has 1 unspecified atom stereocenters. The van der Waals surface area contributed by atoms with Gasteiger partial charge in [-0.05, 0) is 30.2 Å². The summed E-state index contributed by atoms with van der Waals surface area (Å²) in [4.78, 5) is 11.7. The van der Waals surface area contributed by atoms with Crippen molar-refractivity contribution < 1.29 is 15.0 Å². The number of carbonyl (C=O) groups excluding carboxylic acids is 1. The summed E-state index contributed by atoms with van der Waals surface area (Å²) in [7, 11) is 0. The number of phenolic OH excluding ortho intramolecular Hbond substituents is 1. The molecule has 4 nitrogen and oxygen atoms in total. The second-order valence-electron chi connectivity index (χ2n) is 5.58. The maximum atomic E-state index is 11.7. The second-order valence-corrected chi connectivity index (χ2v) is 5.58. The van der Waals surface area contributed by atoms with Crippen LogP contribution in [-0.4, -0.2) is 16.1 Å². The normalized spacial score (nSPS) is 20.6. The van der Waals surface area contributed by atoms with Gasteiger partial charge in [-0.3, -0.25) is 4.79 Å². The smallest absolute Gasteiger partial charge is 0.227 e. The van der Waals surface area contributed by atoms with Gasteiger partial charge >= 0.3 is 0 Å². The molecule has 1 heterocycles. The molecular weight excluding hydrogens is 254 g/mol. The summed E-state index contributed by atoms with van der Waals surface area (Å²) in [5.41, 5.74) is 3.17. The first-order chi connectivity index (χ1) is 9.66. The number of hydrogen-bond acceptors (Lipinski definition) is 3. The maximum absolute atomic E-state index is 11.7. The van der Waals surface area contributed by atoms with Gasteiger partial charge in [0.1, 0.15) is 5.75 Å². The number of phenols is 1. The van der Waals surface area contributed by atoms with Crippen LogP contribution in [-0.2, 0) is 17.6 Å². The van der Waals surface area contributed by atoms with E-state index in [1.165, 1.54) is 5.56 Å².